The molecule has 1 nitrogen and oxygen atoms in total. The van der Waals surface area contributed by atoms with E-state index in [1.165, 1.54) is 49.3 Å². The lowest BCUT2D eigenvalue weighted by molar-refractivity contribution is -0.666. The molecule has 0 saturated heterocycles. The molecule has 0 bridgehead atoms. The van der Waals surface area contributed by atoms with Gasteiger partial charge in [0.2, 0.25) is 11.4 Å². The molecule has 34 heavy (non-hydrogen) atoms. The molecule has 0 amide bonds. The topological polar surface area (TPSA) is 3.88 Å². The lowest BCUT2D eigenvalue weighted by atomic mass is 9.98. The van der Waals surface area contributed by atoms with Crippen molar-refractivity contribution in [2.45, 2.75) is 6.54 Å². The first kappa shape index (κ1) is 20.6. The fraction of sp³-hybridized carbons (Fsp3) is 0.0312. The third kappa shape index (κ3) is 3.93. The second-order valence-electron chi connectivity index (χ2n) is 8.46. The van der Waals surface area contributed by atoms with Crippen molar-refractivity contribution in [1.82, 2.24) is 0 Å². The molecule has 0 fully saturated rings. The Morgan fingerprint density at radius 2 is 1.00 bits per heavy atom. The van der Waals surface area contributed by atoms with Crippen LogP contribution in [-0.4, -0.2) is 0 Å². The van der Waals surface area contributed by atoms with Crippen LogP contribution < -0.4 is 4.57 Å². The van der Waals surface area contributed by atoms with Gasteiger partial charge in [0, 0.05) is 44.3 Å². The van der Waals surface area contributed by atoms with Crippen molar-refractivity contribution in [3.63, 3.8) is 0 Å². The quantitative estimate of drug-likeness (QED) is 0.231. The monoisotopic (exact) mass is 454 g/mol. The smallest absolute Gasteiger partial charge is 0.187 e. The predicted molar refractivity (Wildman–Crippen MR) is 144 cm³/mol. The average Bonchev–Trinajstić information content (AvgIpc) is 3.33. The summed E-state index contributed by atoms with van der Waals surface area (Å²) in [5.41, 5.74) is 8.68. The summed E-state index contributed by atoms with van der Waals surface area (Å²) in [6.45, 7) is 0.813. The molecule has 0 N–H and O–H groups in total. The van der Waals surface area contributed by atoms with E-state index < -0.39 is 0 Å². The van der Waals surface area contributed by atoms with Crippen LogP contribution >= 0.6 is 11.3 Å². The molecule has 2 heterocycles. The Bertz CT molecular complexity index is 1490. The van der Waals surface area contributed by atoms with E-state index in [1.807, 2.05) is 11.3 Å². The van der Waals surface area contributed by atoms with Crippen LogP contribution in [-0.2, 0) is 6.54 Å². The molecule has 2 aromatic heterocycles. The maximum Gasteiger partial charge on any atom is 0.213 e. The van der Waals surface area contributed by atoms with Crippen molar-refractivity contribution in [1.29, 1.82) is 0 Å². The molecule has 0 aliphatic rings. The van der Waals surface area contributed by atoms with E-state index >= 15 is 0 Å². The van der Waals surface area contributed by atoms with Gasteiger partial charge in [-0.2, -0.15) is 4.57 Å². The number of hydrogen-bond acceptors (Lipinski definition) is 1. The minimum atomic E-state index is 0.813. The third-order valence-corrected chi connectivity index (χ3v) is 7.31. The average molecular weight is 455 g/mol. The molecular weight excluding hydrogens is 430 g/mol. The summed E-state index contributed by atoms with van der Waals surface area (Å²) in [6.07, 6.45) is 0. The molecule has 0 saturated carbocycles. The van der Waals surface area contributed by atoms with Crippen molar-refractivity contribution in [2.24, 2.45) is 0 Å². The van der Waals surface area contributed by atoms with Crippen LogP contribution in [0.15, 0.2) is 133 Å². The van der Waals surface area contributed by atoms with E-state index in [-0.39, 0.29) is 0 Å². The molecule has 0 aliphatic heterocycles. The number of hydrogen-bond donors (Lipinski definition) is 0. The summed E-state index contributed by atoms with van der Waals surface area (Å²) in [6, 6.07) is 45.6. The lowest BCUT2D eigenvalue weighted by Gasteiger charge is -2.13. The second-order valence-corrected chi connectivity index (χ2v) is 9.37. The number of pyridine rings is 1. The van der Waals surface area contributed by atoms with Crippen LogP contribution in [0.3, 0.4) is 0 Å². The van der Waals surface area contributed by atoms with Gasteiger partial charge in [-0.25, -0.2) is 0 Å². The highest BCUT2D eigenvalue weighted by molar-refractivity contribution is 7.17. The molecule has 0 aliphatic carbocycles. The minimum Gasteiger partial charge on any atom is -0.187 e. The summed E-state index contributed by atoms with van der Waals surface area (Å²) in [5, 5.41) is 3.65. The molecule has 6 aromatic rings. The first-order valence-electron chi connectivity index (χ1n) is 11.6. The van der Waals surface area contributed by atoms with Gasteiger partial charge in [0.25, 0.3) is 0 Å². The fourth-order valence-corrected chi connectivity index (χ4v) is 5.57. The van der Waals surface area contributed by atoms with Crippen molar-refractivity contribution in [2.75, 3.05) is 0 Å². The predicted octanol–water partition coefficient (Wildman–Crippen LogP) is 8.24. The number of thiophene rings is 1. The zero-order chi connectivity index (χ0) is 22.7. The van der Waals surface area contributed by atoms with E-state index in [2.05, 4.69) is 137 Å². The van der Waals surface area contributed by atoms with E-state index in [0.717, 1.165) is 6.54 Å². The van der Waals surface area contributed by atoms with Gasteiger partial charge in [0.05, 0.1) is 0 Å². The van der Waals surface area contributed by atoms with Crippen molar-refractivity contribution in [3.8, 4) is 33.6 Å². The highest BCUT2D eigenvalue weighted by Gasteiger charge is 2.24. The second kappa shape index (κ2) is 9.09. The van der Waals surface area contributed by atoms with Crippen LogP contribution in [0, 0.1) is 0 Å². The van der Waals surface area contributed by atoms with Crippen molar-refractivity contribution < 1.29 is 4.57 Å². The summed E-state index contributed by atoms with van der Waals surface area (Å²) in [4.78, 5) is 0. The van der Waals surface area contributed by atoms with Gasteiger partial charge in [0.1, 0.15) is 0 Å². The first-order chi connectivity index (χ1) is 16.9. The summed E-state index contributed by atoms with van der Waals surface area (Å²) in [5.74, 6) is 0. The SMILES string of the molecule is c1ccc(-c2cc(-c3ccccc3)[n+](Cc3csc4ccccc34)c(-c3ccccc3)c2)cc1. The van der Waals surface area contributed by atoms with Gasteiger partial charge in [-0.15, -0.1) is 11.3 Å². The summed E-state index contributed by atoms with van der Waals surface area (Å²) in [7, 11) is 0. The van der Waals surface area contributed by atoms with E-state index in [1.54, 1.807) is 0 Å². The molecule has 162 valence electrons. The molecule has 6 rings (SSSR count). The molecule has 4 aromatic carbocycles. The zero-order valence-corrected chi connectivity index (χ0v) is 19.6. The van der Waals surface area contributed by atoms with Gasteiger partial charge in [-0.05, 0) is 41.5 Å². The van der Waals surface area contributed by atoms with Crippen LogP contribution in [0.2, 0.25) is 0 Å². The van der Waals surface area contributed by atoms with Crippen LogP contribution in [0.1, 0.15) is 5.56 Å². The van der Waals surface area contributed by atoms with Crippen molar-refractivity contribution in [3.05, 3.63) is 138 Å². The van der Waals surface area contributed by atoms with Gasteiger partial charge in [-0.1, -0.05) is 84.9 Å². The van der Waals surface area contributed by atoms with E-state index in [9.17, 15) is 0 Å². The third-order valence-electron chi connectivity index (χ3n) is 6.30. The summed E-state index contributed by atoms with van der Waals surface area (Å²) < 4.78 is 3.81. The Balaban J connectivity index is 1.63. The number of fused-ring (bicyclic) bond motifs is 1. The molecule has 0 atom stereocenters. The van der Waals surface area contributed by atoms with E-state index in [0.29, 0.717) is 0 Å². The maximum atomic E-state index is 2.48. The van der Waals surface area contributed by atoms with Gasteiger partial charge in [-0.3, -0.25) is 0 Å². The number of benzene rings is 4. The molecule has 0 spiro atoms. The number of nitrogens with zero attached hydrogens (tertiary/aromatic N) is 1. The Morgan fingerprint density at radius 1 is 0.500 bits per heavy atom. The van der Waals surface area contributed by atoms with Crippen molar-refractivity contribution >= 4 is 21.4 Å². The molecular formula is C32H24NS+. The fourth-order valence-electron chi connectivity index (χ4n) is 4.61. The zero-order valence-electron chi connectivity index (χ0n) is 18.8. The minimum absolute atomic E-state index is 0.813. The normalized spacial score (nSPS) is 11.1. The molecule has 0 unspecified atom stereocenters. The standard InChI is InChI=1S/C32H24NS/c1-4-12-24(13-5-1)27-20-30(25-14-6-2-7-15-25)33(31(21-27)26-16-8-3-9-17-26)22-28-23-34-32-19-11-10-18-29(28)32/h1-21,23H,22H2/q+1. The Hall–Kier alpha value is -4.01. The van der Waals surface area contributed by atoms with Gasteiger partial charge >= 0.3 is 0 Å². The maximum absolute atomic E-state index is 2.48. The molecule has 0 radical (unpaired) electrons. The highest BCUT2D eigenvalue weighted by Crippen LogP contribution is 2.31. The number of rotatable bonds is 5. The number of aromatic nitrogens is 1. The Kier molecular flexibility index (Phi) is 5.50. The van der Waals surface area contributed by atoms with Crippen LogP contribution in [0.25, 0.3) is 43.7 Å². The highest BCUT2D eigenvalue weighted by atomic mass is 32.1. The Morgan fingerprint density at radius 3 is 1.59 bits per heavy atom. The first-order valence-corrected chi connectivity index (χ1v) is 12.4. The largest absolute Gasteiger partial charge is 0.213 e. The van der Waals surface area contributed by atoms with Crippen LogP contribution in [0.5, 0.6) is 0 Å². The summed E-state index contributed by atoms with van der Waals surface area (Å²) >= 11 is 1.82. The molecule has 2 heteroatoms. The lowest BCUT2D eigenvalue weighted by Crippen LogP contribution is -2.39. The Labute approximate surface area is 204 Å². The van der Waals surface area contributed by atoms with Gasteiger partial charge < -0.3 is 0 Å². The van der Waals surface area contributed by atoms with Gasteiger partial charge in [0.15, 0.2) is 6.54 Å². The van der Waals surface area contributed by atoms with Crippen LogP contribution in [0.4, 0.5) is 0 Å². The van der Waals surface area contributed by atoms with E-state index in [4.69, 9.17) is 0 Å².